The molecule has 1 aromatic carbocycles. The van der Waals surface area contributed by atoms with E-state index in [-0.39, 0.29) is 5.41 Å². The predicted octanol–water partition coefficient (Wildman–Crippen LogP) is 3.09. The molecule has 1 fully saturated rings. The average molecular weight is 294 g/mol. The topological polar surface area (TPSA) is 53.1 Å². The van der Waals surface area contributed by atoms with Crippen LogP contribution in [0.4, 0.5) is 5.69 Å². The monoisotopic (exact) mass is 294 g/mol. The zero-order valence-electron chi connectivity index (χ0n) is 13.0. The molecule has 2 aliphatic rings. The van der Waals surface area contributed by atoms with Crippen LogP contribution in [-0.2, 0) is 11.8 Å². The summed E-state index contributed by atoms with van der Waals surface area (Å²) in [5.41, 5.74) is 4.67. The van der Waals surface area contributed by atoms with Crippen LogP contribution in [0.1, 0.15) is 42.6 Å². The Bertz CT molecular complexity index is 697. The molecule has 114 valence electrons. The summed E-state index contributed by atoms with van der Waals surface area (Å²) in [7, 11) is 0. The van der Waals surface area contributed by atoms with Crippen molar-refractivity contribution in [2.24, 2.45) is 4.99 Å². The highest BCUT2D eigenvalue weighted by Gasteiger charge is 2.32. The number of aromatic nitrogens is 2. The molecule has 3 heterocycles. The van der Waals surface area contributed by atoms with Crippen LogP contribution in [0.5, 0.6) is 0 Å². The summed E-state index contributed by atoms with van der Waals surface area (Å²) < 4.78 is 0. The molecule has 0 spiro atoms. The predicted molar refractivity (Wildman–Crippen MR) is 89.1 cm³/mol. The summed E-state index contributed by atoms with van der Waals surface area (Å²) in [6, 6.07) is 10.6. The van der Waals surface area contributed by atoms with E-state index in [1.165, 1.54) is 24.1 Å². The third-order valence-corrected chi connectivity index (χ3v) is 5.00. The van der Waals surface area contributed by atoms with E-state index in [9.17, 15) is 0 Å². The third kappa shape index (κ3) is 2.37. The van der Waals surface area contributed by atoms with Crippen molar-refractivity contribution >= 4 is 11.9 Å². The molecule has 2 aromatic rings. The highest BCUT2D eigenvalue weighted by Crippen LogP contribution is 2.35. The molecule has 0 amide bonds. The first kappa shape index (κ1) is 13.7. The van der Waals surface area contributed by atoms with Gasteiger partial charge in [-0.15, -0.1) is 0 Å². The van der Waals surface area contributed by atoms with E-state index in [0.717, 1.165) is 30.9 Å². The molecule has 4 nitrogen and oxygen atoms in total. The molecular weight excluding hydrogens is 272 g/mol. The molecule has 2 aliphatic heterocycles. The lowest BCUT2D eigenvalue weighted by Gasteiger charge is -2.27. The van der Waals surface area contributed by atoms with Gasteiger partial charge in [0.25, 0.3) is 0 Å². The Hall–Kier alpha value is -1.94. The number of para-hydroxylation sites is 1. The van der Waals surface area contributed by atoms with Gasteiger partial charge in [0.1, 0.15) is 0 Å². The SMILES string of the molecule is CC1(c2cc(C3CCNCC3)[nH]n2)C=Nc2ccccc2C1. The molecule has 4 rings (SSSR count). The number of piperidine rings is 1. The first-order chi connectivity index (χ1) is 10.7. The Morgan fingerprint density at radius 1 is 1.18 bits per heavy atom. The Morgan fingerprint density at radius 2 is 2.00 bits per heavy atom. The van der Waals surface area contributed by atoms with Crippen LogP contribution in [0.25, 0.3) is 0 Å². The van der Waals surface area contributed by atoms with Crippen LogP contribution < -0.4 is 5.32 Å². The molecule has 0 bridgehead atoms. The molecule has 22 heavy (non-hydrogen) atoms. The first-order valence-corrected chi connectivity index (χ1v) is 8.14. The normalized spacial score (nSPS) is 25.1. The summed E-state index contributed by atoms with van der Waals surface area (Å²) in [5.74, 6) is 0.610. The van der Waals surface area contributed by atoms with E-state index >= 15 is 0 Å². The van der Waals surface area contributed by atoms with Crippen LogP contribution in [0.15, 0.2) is 35.3 Å². The Kier molecular flexibility index (Phi) is 3.34. The van der Waals surface area contributed by atoms with Crippen molar-refractivity contribution in [2.75, 3.05) is 13.1 Å². The lowest BCUT2D eigenvalue weighted by molar-refractivity contribution is 0.453. The van der Waals surface area contributed by atoms with Crippen molar-refractivity contribution in [3.63, 3.8) is 0 Å². The second-order valence-electron chi connectivity index (χ2n) is 6.71. The molecule has 2 N–H and O–H groups in total. The number of benzene rings is 1. The molecule has 0 aliphatic carbocycles. The maximum Gasteiger partial charge on any atom is 0.0740 e. The Labute approximate surface area is 131 Å². The minimum Gasteiger partial charge on any atom is -0.317 e. The maximum absolute atomic E-state index is 4.66. The van der Waals surface area contributed by atoms with Gasteiger partial charge in [-0.05, 0) is 57.0 Å². The lowest BCUT2D eigenvalue weighted by atomic mass is 9.79. The number of fused-ring (bicyclic) bond motifs is 1. The largest absolute Gasteiger partial charge is 0.317 e. The van der Waals surface area contributed by atoms with E-state index in [1.54, 1.807) is 0 Å². The van der Waals surface area contributed by atoms with Gasteiger partial charge in [0.05, 0.1) is 16.8 Å². The molecule has 1 aromatic heterocycles. The fraction of sp³-hybridized carbons (Fsp3) is 0.444. The molecule has 0 saturated carbocycles. The van der Waals surface area contributed by atoms with E-state index in [0.29, 0.717) is 5.92 Å². The van der Waals surface area contributed by atoms with Gasteiger partial charge >= 0.3 is 0 Å². The zero-order chi connectivity index (χ0) is 15.0. The Balaban J connectivity index is 1.61. The van der Waals surface area contributed by atoms with E-state index in [1.807, 2.05) is 6.07 Å². The minimum atomic E-state index is -0.115. The van der Waals surface area contributed by atoms with Crippen LogP contribution >= 0.6 is 0 Å². The summed E-state index contributed by atoms with van der Waals surface area (Å²) >= 11 is 0. The maximum atomic E-state index is 4.66. The summed E-state index contributed by atoms with van der Waals surface area (Å²) in [5, 5.41) is 11.3. The second-order valence-corrected chi connectivity index (χ2v) is 6.71. The summed E-state index contributed by atoms with van der Waals surface area (Å²) in [6.45, 7) is 4.44. The van der Waals surface area contributed by atoms with E-state index in [2.05, 4.69) is 57.9 Å². The molecule has 0 radical (unpaired) electrons. The van der Waals surface area contributed by atoms with Crippen molar-refractivity contribution in [1.82, 2.24) is 15.5 Å². The number of nitrogens with zero attached hydrogens (tertiary/aromatic N) is 2. The summed E-state index contributed by atoms with van der Waals surface area (Å²) in [4.78, 5) is 4.66. The van der Waals surface area contributed by atoms with Gasteiger partial charge in [-0.3, -0.25) is 10.1 Å². The zero-order valence-corrected chi connectivity index (χ0v) is 13.0. The van der Waals surface area contributed by atoms with Crippen LogP contribution in [0.3, 0.4) is 0 Å². The van der Waals surface area contributed by atoms with Crippen molar-refractivity contribution in [3.8, 4) is 0 Å². The van der Waals surface area contributed by atoms with Gasteiger partial charge in [0.15, 0.2) is 0 Å². The van der Waals surface area contributed by atoms with Crippen molar-refractivity contribution in [2.45, 2.75) is 37.5 Å². The van der Waals surface area contributed by atoms with E-state index < -0.39 is 0 Å². The van der Waals surface area contributed by atoms with Gasteiger partial charge in [0, 0.05) is 17.8 Å². The van der Waals surface area contributed by atoms with Gasteiger partial charge in [-0.1, -0.05) is 18.2 Å². The van der Waals surface area contributed by atoms with Crippen LogP contribution in [-0.4, -0.2) is 29.5 Å². The quantitative estimate of drug-likeness (QED) is 0.894. The lowest BCUT2D eigenvalue weighted by Crippen LogP contribution is -2.29. The van der Waals surface area contributed by atoms with Gasteiger partial charge < -0.3 is 5.32 Å². The molecule has 1 atom stereocenters. The molecule has 4 heteroatoms. The minimum absolute atomic E-state index is 0.115. The number of H-pyrrole nitrogens is 1. The molecular formula is C18H22N4. The van der Waals surface area contributed by atoms with Crippen molar-refractivity contribution < 1.29 is 0 Å². The fourth-order valence-electron chi connectivity index (χ4n) is 3.57. The number of aliphatic imine (C=N–C) groups is 1. The first-order valence-electron chi connectivity index (χ1n) is 8.14. The third-order valence-electron chi connectivity index (χ3n) is 5.00. The number of rotatable bonds is 2. The fourth-order valence-corrected chi connectivity index (χ4v) is 3.57. The van der Waals surface area contributed by atoms with Gasteiger partial charge in [-0.25, -0.2) is 0 Å². The van der Waals surface area contributed by atoms with Gasteiger partial charge in [-0.2, -0.15) is 5.10 Å². The van der Waals surface area contributed by atoms with Crippen LogP contribution in [0.2, 0.25) is 0 Å². The van der Waals surface area contributed by atoms with Gasteiger partial charge in [0.2, 0.25) is 0 Å². The second kappa shape index (κ2) is 5.36. The molecule has 1 saturated heterocycles. The number of hydrogen-bond donors (Lipinski definition) is 2. The van der Waals surface area contributed by atoms with Crippen molar-refractivity contribution in [1.29, 1.82) is 0 Å². The standard InChI is InChI=1S/C18H22N4/c1-18(11-14-4-2-3-5-15(14)20-12-18)17-10-16(21-22-17)13-6-8-19-9-7-13/h2-5,10,12-13,19H,6-9,11H2,1H3,(H,21,22). The Morgan fingerprint density at radius 3 is 2.86 bits per heavy atom. The smallest absolute Gasteiger partial charge is 0.0740 e. The van der Waals surface area contributed by atoms with Crippen LogP contribution in [0, 0.1) is 0 Å². The number of hydrogen-bond acceptors (Lipinski definition) is 3. The highest BCUT2D eigenvalue weighted by molar-refractivity contribution is 5.79. The number of nitrogens with one attached hydrogen (secondary N) is 2. The number of aromatic amines is 1. The average Bonchev–Trinajstić information content (AvgIpc) is 3.06. The summed E-state index contributed by atoms with van der Waals surface area (Å²) in [6.07, 6.45) is 5.41. The van der Waals surface area contributed by atoms with E-state index in [4.69, 9.17) is 0 Å². The highest BCUT2D eigenvalue weighted by atomic mass is 15.1. The van der Waals surface area contributed by atoms with Crippen molar-refractivity contribution in [3.05, 3.63) is 47.3 Å². The molecule has 1 unspecified atom stereocenters.